The maximum absolute atomic E-state index is 11.1. The summed E-state index contributed by atoms with van der Waals surface area (Å²) in [4.78, 5) is 15.9. The zero-order valence-corrected chi connectivity index (χ0v) is 9.69. The molecule has 5 nitrogen and oxygen atoms in total. The summed E-state index contributed by atoms with van der Waals surface area (Å²) in [6.45, 7) is 1.01. The smallest absolute Gasteiger partial charge is 0.408 e. The second-order valence-corrected chi connectivity index (χ2v) is 4.75. The van der Waals surface area contributed by atoms with Gasteiger partial charge in [-0.2, -0.15) is 0 Å². The van der Waals surface area contributed by atoms with Gasteiger partial charge in [0.1, 0.15) is 0 Å². The predicted octanol–water partition coefficient (Wildman–Crippen LogP) is 1.55. The molecular formula is C12H15N3O2. The molecule has 17 heavy (non-hydrogen) atoms. The van der Waals surface area contributed by atoms with Crippen LogP contribution in [0.1, 0.15) is 12.8 Å². The van der Waals surface area contributed by atoms with Gasteiger partial charge in [0.2, 0.25) is 0 Å². The summed E-state index contributed by atoms with van der Waals surface area (Å²) in [6, 6.07) is 3.57. The molecule has 1 fully saturated rings. The van der Waals surface area contributed by atoms with Gasteiger partial charge in [-0.3, -0.25) is 4.98 Å². The molecule has 0 amide bonds. The van der Waals surface area contributed by atoms with Crippen molar-refractivity contribution in [2.45, 2.75) is 12.8 Å². The Kier molecular flexibility index (Phi) is 2.14. The Balaban J connectivity index is 2.01. The molecule has 5 heteroatoms. The number of nitrogens with two attached hydrogens (primary N) is 1. The summed E-state index contributed by atoms with van der Waals surface area (Å²) in [5, 5.41) is 0. The number of nitrogens with zero attached hydrogens (tertiary/aromatic N) is 1. The van der Waals surface area contributed by atoms with Crippen molar-refractivity contribution in [2.75, 3.05) is 24.2 Å². The number of fused-ring (bicyclic) bond motifs is 1. The first-order valence-corrected chi connectivity index (χ1v) is 5.77. The number of rotatable bonds is 3. The highest BCUT2D eigenvalue weighted by Gasteiger charge is 2.23. The molecule has 90 valence electrons. The van der Waals surface area contributed by atoms with Gasteiger partial charge in [-0.15, -0.1) is 0 Å². The van der Waals surface area contributed by atoms with Gasteiger partial charge in [0.05, 0.1) is 16.9 Å². The van der Waals surface area contributed by atoms with E-state index in [-0.39, 0.29) is 0 Å². The molecule has 1 aliphatic carbocycles. The summed E-state index contributed by atoms with van der Waals surface area (Å²) in [6.07, 6.45) is 2.60. The van der Waals surface area contributed by atoms with Crippen molar-refractivity contribution in [1.82, 2.24) is 4.98 Å². The molecule has 1 aliphatic rings. The number of anilines is 2. The van der Waals surface area contributed by atoms with Gasteiger partial charge >= 0.3 is 5.76 Å². The fraction of sp³-hybridized carbons (Fsp3) is 0.417. The van der Waals surface area contributed by atoms with Crippen molar-refractivity contribution in [2.24, 2.45) is 5.92 Å². The predicted molar refractivity (Wildman–Crippen MR) is 67.2 cm³/mol. The third-order valence-corrected chi connectivity index (χ3v) is 3.21. The lowest BCUT2D eigenvalue weighted by molar-refractivity contribution is 0.555. The molecule has 1 saturated carbocycles. The maximum Gasteiger partial charge on any atom is 0.417 e. The molecule has 1 heterocycles. The first-order valence-electron chi connectivity index (χ1n) is 5.77. The minimum absolute atomic E-state index is 0.443. The first kappa shape index (κ1) is 10.3. The van der Waals surface area contributed by atoms with E-state index in [9.17, 15) is 4.79 Å². The van der Waals surface area contributed by atoms with Crippen LogP contribution in [-0.2, 0) is 0 Å². The zero-order chi connectivity index (χ0) is 12.0. The van der Waals surface area contributed by atoms with Gasteiger partial charge in [-0.25, -0.2) is 4.79 Å². The van der Waals surface area contributed by atoms with Gasteiger partial charge in [0, 0.05) is 19.7 Å². The molecular weight excluding hydrogens is 218 g/mol. The molecule has 2 aromatic rings. The standard InChI is InChI=1S/C12H15N3O2/c1-15(6-7-2-3-7)10-5-9-11(4-8(10)13)17-12(16)14-9/h4-5,7H,2-3,6,13H2,1H3,(H,14,16). The van der Waals surface area contributed by atoms with E-state index in [0.29, 0.717) is 16.8 Å². The second-order valence-electron chi connectivity index (χ2n) is 4.75. The molecule has 1 aromatic carbocycles. The Morgan fingerprint density at radius 1 is 1.53 bits per heavy atom. The fourth-order valence-electron chi connectivity index (χ4n) is 2.12. The quantitative estimate of drug-likeness (QED) is 0.789. The highest BCUT2D eigenvalue weighted by molar-refractivity contribution is 5.85. The SMILES string of the molecule is CN(CC1CC1)c1cc2[nH]c(=O)oc2cc1N. The van der Waals surface area contributed by atoms with Crippen LogP contribution in [-0.4, -0.2) is 18.6 Å². The number of hydrogen-bond acceptors (Lipinski definition) is 4. The summed E-state index contributed by atoms with van der Waals surface area (Å²) in [5.41, 5.74) is 8.77. The van der Waals surface area contributed by atoms with E-state index in [2.05, 4.69) is 9.88 Å². The van der Waals surface area contributed by atoms with Crippen LogP contribution < -0.4 is 16.4 Å². The summed E-state index contributed by atoms with van der Waals surface area (Å²) in [5.74, 6) is 0.347. The Morgan fingerprint density at radius 2 is 2.29 bits per heavy atom. The molecule has 0 bridgehead atoms. The van der Waals surface area contributed by atoms with Crippen LogP contribution >= 0.6 is 0 Å². The lowest BCUT2D eigenvalue weighted by Crippen LogP contribution is -2.21. The number of aromatic amines is 1. The van der Waals surface area contributed by atoms with Gasteiger partial charge in [-0.05, 0) is 24.8 Å². The van der Waals surface area contributed by atoms with Crippen LogP contribution in [0, 0.1) is 5.92 Å². The lowest BCUT2D eigenvalue weighted by Gasteiger charge is -2.20. The van der Waals surface area contributed by atoms with E-state index in [0.717, 1.165) is 18.2 Å². The lowest BCUT2D eigenvalue weighted by atomic mass is 10.2. The van der Waals surface area contributed by atoms with Gasteiger partial charge in [0.15, 0.2) is 5.58 Å². The number of hydrogen-bond donors (Lipinski definition) is 2. The fourth-order valence-corrected chi connectivity index (χ4v) is 2.12. The van der Waals surface area contributed by atoms with Crippen LogP contribution in [0.2, 0.25) is 0 Å². The third kappa shape index (κ3) is 1.88. The van der Waals surface area contributed by atoms with Gasteiger partial charge < -0.3 is 15.1 Å². The average Bonchev–Trinajstić information content (AvgIpc) is 2.98. The molecule has 0 saturated heterocycles. The Hall–Kier alpha value is -1.91. The van der Waals surface area contributed by atoms with Crippen molar-refractivity contribution < 1.29 is 4.42 Å². The largest absolute Gasteiger partial charge is 0.417 e. The number of nitrogen functional groups attached to an aromatic ring is 1. The maximum atomic E-state index is 11.1. The summed E-state index contributed by atoms with van der Waals surface area (Å²) < 4.78 is 4.97. The van der Waals surface area contributed by atoms with Crippen molar-refractivity contribution in [1.29, 1.82) is 0 Å². The molecule has 0 atom stereocenters. The van der Waals surface area contributed by atoms with E-state index >= 15 is 0 Å². The Labute approximate surface area is 98.2 Å². The molecule has 0 radical (unpaired) electrons. The van der Waals surface area contributed by atoms with Crippen LogP contribution in [0.5, 0.6) is 0 Å². The number of nitrogens with one attached hydrogen (secondary N) is 1. The van der Waals surface area contributed by atoms with Crippen LogP contribution in [0.25, 0.3) is 11.1 Å². The minimum atomic E-state index is -0.443. The average molecular weight is 233 g/mol. The molecule has 0 aliphatic heterocycles. The van der Waals surface area contributed by atoms with Crippen LogP contribution in [0.4, 0.5) is 11.4 Å². The Morgan fingerprint density at radius 3 is 3.00 bits per heavy atom. The molecule has 3 N–H and O–H groups in total. The van der Waals surface area contributed by atoms with Crippen LogP contribution in [0.3, 0.4) is 0 Å². The zero-order valence-electron chi connectivity index (χ0n) is 9.69. The number of aromatic nitrogens is 1. The monoisotopic (exact) mass is 233 g/mol. The van der Waals surface area contributed by atoms with Crippen molar-refractivity contribution in [3.05, 3.63) is 22.7 Å². The van der Waals surface area contributed by atoms with E-state index in [1.54, 1.807) is 6.07 Å². The van der Waals surface area contributed by atoms with Crippen LogP contribution in [0.15, 0.2) is 21.3 Å². The number of benzene rings is 1. The highest BCUT2D eigenvalue weighted by atomic mass is 16.4. The van der Waals surface area contributed by atoms with Gasteiger partial charge in [-0.1, -0.05) is 0 Å². The topological polar surface area (TPSA) is 75.3 Å². The second kappa shape index (κ2) is 3.55. The van der Waals surface area contributed by atoms with Crippen molar-refractivity contribution >= 4 is 22.5 Å². The number of H-pyrrole nitrogens is 1. The number of oxazole rings is 1. The molecule has 1 aromatic heterocycles. The third-order valence-electron chi connectivity index (χ3n) is 3.21. The highest BCUT2D eigenvalue weighted by Crippen LogP contribution is 2.33. The van der Waals surface area contributed by atoms with Crippen molar-refractivity contribution in [3.8, 4) is 0 Å². The van der Waals surface area contributed by atoms with E-state index in [1.807, 2.05) is 13.1 Å². The summed E-state index contributed by atoms with van der Waals surface area (Å²) in [7, 11) is 2.02. The molecule has 0 unspecified atom stereocenters. The summed E-state index contributed by atoms with van der Waals surface area (Å²) >= 11 is 0. The molecule has 0 spiro atoms. The van der Waals surface area contributed by atoms with E-state index in [1.165, 1.54) is 12.8 Å². The van der Waals surface area contributed by atoms with Gasteiger partial charge in [0.25, 0.3) is 0 Å². The van der Waals surface area contributed by atoms with Crippen molar-refractivity contribution in [3.63, 3.8) is 0 Å². The Bertz CT molecular complexity index is 610. The van der Waals surface area contributed by atoms with E-state index < -0.39 is 5.76 Å². The van der Waals surface area contributed by atoms with E-state index in [4.69, 9.17) is 10.2 Å². The molecule has 3 rings (SSSR count). The first-order chi connectivity index (χ1) is 8.13. The normalized spacial score (nSPS) is 15.4. The minimum Gasteiger partial charge on any atom is -0.408 e.